The van der Waals surface area contributed by atoms with Crippen LogP contribution in [0.5, 0.6) is 0 Å². The number of carbonyl (C=O) groups is 2. The number of cyclic esters (lactones) is 1. The fourth-order valence-corrected chi connectivity index (χ4v) is 4.32. The topological polar surface area (TPSA) is 128 Å². The molecule has 1 aromatic heterocycles. The Hall–Kier alpha value is -3.01. The van der Waals surface area contributed by atoms with Crippen LogP contribution < -0.4 is 10.6 Å². The monoisotopic (exact) mass is 432 g/mol. The van der Waals surface area contributed by atoms with Crippen molar-refractivity contribution in [1.82, 2.24) is 9.97 Å². The summed E-state index contributed by atoms with van der Waals surface area (Å²) in [6.45, 7) is 3.65. The van der Waals surface area contributed by atoms with Crippen molar-refractivity contribution < 1.29 is 24.2 Å². The summed E-state index contributed by atoms with van der Waals surface area (Å²) in [6, 6.07) is 10.1. The van der Waals surface area contributed by atoms with Crippen molar-refractivity contribution in [3.8, 4) is 0 Å². The molecule has 160 valence electrons. The van der Waals surface area contributed by atoms with Gasteiger partial charge < -0.3 is 25.2 Å². The van der Waals surface area contributed by atoms with Gasteiger partial charge in [0.15, 0.2) is 10.8 Å². The fraction of sp³-hybridized carbons (Fsp3) is 0.400. The highest BCUT2D eigenvalue weighted by molar-refractivity contribution is 7.98. The van der Waals surface area contributed by atoms with Crippen molar-refractivity contribution >= 4 is 36.0 Å². The third-order valence-corrected chi connectivity index (χ3v) is 5.98. The first-order valence-electron chi connectivity index (χ1n) is 9.45. The van der Waals surface area contributed by atoms with E-state index in [4.69, 9.17) is 30.1 Å². The lowest BCUT2D eigenvalue weighted by atomic mass is 9.92. The molecule has 9 nitrogen and oxygen atoms in total. The largest absolute Gasteiger partial charge is 0.509 e. The number of nitrogens with zero attached hydrogens (tertiary/aromatic N) is 3. The first kappa shape index (κ1) is 21.7. The van der Waals surface area contributed by atoms with E-state index >= 15 is 0 Å². The molecule has 0 aliphatic carbocycles. The maximum atomic E-state index is 11.3. The molecule has 0 radical (unpaired) electrons. The molecule has 3 N–H and O–H groups in total. The molecular formula is C20H24N4O5S. The second-order valence-corrected chi connectivity index (χ2v) is 8.01. The van der Waals surface area contributed by atoms with Crippen molar-refractivity contribution in [3.05, 3.63) is 41.5 Å². The summed E-state index contributed by atoms with van der Waals surface area (Å²) in [5.41, 5.74) is 8.06. The van der Waals surface area contributed by atoms with Gasteiger partial charge in [-0.1, -0.05) is 36.0 Å². The van der Waals surface area contributed by atoms with Crippen LogP contribution in [0.4, 0.5) is 16.4 Å². The SMILES string of the molecule is Cc1ccccc1CSc1nc(N)cc(N2CCC3(CC2)COC(=O)O3)n1.O=CO. The number of nitrogen functional groups attached to an aromatic ring is 1. The van der Waals surface area contributed by atoms with Crippen LogP contribution >= 0.6 is 11.8 Å². The van der Waals surface area contributed by atoms with Crippen LogP contribution in [0.3, 0.4) is 0 Å². The van der Waals surface area contributed by atoms with Crippen molar-refractivity contribution in [2.75, 3.05) is 30.3 Å². The summed E-state index contributed by atoms with van der Waals surface area (Å²) in [4.78, 5) is 30.9. The molecule has 0 amide bonds. The normalized spacial score (nSPS) is 17.0. The summed E-state index contributed by atoms with van der Waals surface area (Å²) in [5, 5.41) is 7.56. The van der Waals surface area contributed by atoms with Crippen LogP contribution in [0.25, 0.3) is 0 Å². The molecule has 30 heavy (non-hydrogen) atoms. The molecule has 0 atom stereocenters. The molecule has 2 aliphatic rings. The van der Waals surface area contributed by atoms with Gasteiger partial charge in [0.25, 0.3) is 6.47 Å². The predicted molar refractivity (Wildman–Crippen MR) is 112 cm³/mol. The molecular weight excluding hydrogens is 408 g/mol. The van der Waals surface area contributed by atoms with Crippen LogP contribution in [-0.2, 0) is 20.0 Å². The number of nitrogens with two attached hydrogens (primary N) is 1. The second-order valence-electron chi connectivity index (χ2n) is 7.06. The zero-order chi connectivity index (χ0) is 21.6. The van der Waals surface area contributed by atoms with Crippen LogP contribution in [0.15, 0.2) is 35.5 Å². The molecule has 2 fully saturated rings. The summed E-state index contributed by atoms with van der Waals surface area (Å²) in [6.07, 6.45) is 0.868. The number of carbonyl (C=O) groups excluding carboxylic acids is 1. The Bertz CT molecular complexity index is 903. The van der Waals surface area contributed by atoms with Gasteiger partial charge in [-0.25, -0.2) is 14.8 Å². The number of thioether (sulfide) groups is 1. The number of carboxylic acid groups (broad SMARTS) is 1. The third kappa shape index (κ3) is 5.32. The summed E-state index contributed by atoms with van der Waals surface area (Å²) < 4.78 is 10.4. The number of aromatic nitrogens is 2. The number of hydrogen-bond donors (Lipinski definition) is 2. The Morgan fingerprint density at radius 2 is 2.00 bits per heavy atom. The molecule has 1 spiro atoms. The van der Waals surface area contributed by atoms with Crippen LogP contribution in [0.2, 0.25) is 0 Å². The molecule has 0 saturated carbocycles. The third-order valence-electron chi connectivity index (χ3n) is 5.08. The van der Waals surface area contributed by atoms with Gasteiger partial charge in [-0.2, -0.15) is 0 Å². The van der Waals surface area contributed by atoms with E-state index in [0.29, 0.717) is 30.4 Å². The minimum absolute atomic E-state index is 0.250. The number of ether oxygens (including phenoxy) is 2. The summed E-state index contributed by atoms with van der Waals surface area (Å²) >= 11 is 1.58. The smallest absolute Gasteiger partial charge is 0.483 e. The number of benzene rings is 1. The molecule has 0 bridgehead atoms. The minimum atomic E-state index is -0.565. The highest BCUT2D eigenvalue weighted by atomic mass is 32.2. The molecule has 4 rings (SSSR count). The average Bonchev–Trinajstić information content (AvgIpc) is 3.08. The van der Waals surface area contributed by atoms with Gasteiger partial charge >= 0.3 is 6.16 Å². The maximum absolute atomic E-state index is 11.3. The molecule has 0 unspecified atom stereocenters. The maximum Gasteiger partial charge on any atom is 0.509 e. The van der Waals surface area contributed by atoms with E-state index in [2.05, 4.69) is 28.9 Å². The van der Waals surface area contributed by atoms with Crippen LogP contribution in [0, 0.1) is 6.92 Å². The quantitative estimate of drug-likeness (QED) is 0.322. The van der Waals surface area contributed by atoms with Crippen molar-refractivity contribution in [3.63, 3.8) is 0 Å². The lowest BCUT2D eigenvalue weighted by molar-refractivity contribution is -0.122. The molecule has 3 heterocycles. The Morgan fingerprint density at radius 1 is 1.30 bits per heavy atom. The highest BCUT2D eigenvalue weighted by Crippen LogP contribution is 2.34. The van der Waals surface area contributed by atoms with Gasteiger partial charge in [-0.05, 0) is 18.1 Å². The molecule has 2 aliphatic heterocycles. The van der Waals surface area contributed by atoms with E-state index in [1.807, 2.05) is 12.1 Å². The van der Waals surface area contributed by atoms with Crippen LogP contribution in [0.1, 0.15) is 24.0 Å². The van der Waals surface area contributed by atoms with Crippen molar-refractivity contribution in [1.29, 1.82) is 0 Å². The summed E-state index contributed by atoms with van der Waals surface area (Å²) in [7, 11) is 0. The van der Waals surface area contributed by atoms with E-state index in [1.165, 1.54) is 11.1 Å². The number of piperidine rings is 1. The molecule has 2 saturated heterocycles. The minimum Gasteiger partial charge on any atom is -0.483 e. The Labute approximate surface area is 178 Å². The second kappa shape index (κ2) is 9.66. The van der Waals surface area contributed by atoms with E-state index in [9.17, 15) is 4.79 Å². The highest BCUT2D eigenvalue weighted by Gasteiger charge is 2.44. The van der Waals surface area contributed by atoms with Gasteiger partial charge in [0.05, 0.1) is 0 Å². The molecule has 2 aromatic rings. The Kier molecular flexibility index (Phi) is 6.99. The van der Waals surface area contributed by atoms with E-state index < -0.39 is 11.8 Å². The fourth-order valence-electron chi connectivity index (χ4n) is 3.39. The van der Waals surface area contributed by atoms with Gasteiger partial charge in [0, 0.05) is 37.8 Å². The predicted octanol–water partition coefficient (Wildman–Crippen LogP) is 2.87. The van der Waals surface area contributed by atoms with Gasteiger partial charge in [0.1, 0.15) is 18.2 Å². The number of rotatable bonds is 4. The zero-order valence-electron chi connectivity index (χ0n) is 16.6. The number of hydrogen-bond acceptors (Lipinski definition) is 9. The first-order valence-corrected chi connectivity index (χ1v) is 10.4. The number of aryl methyl sites for hydroxylation is 1. The van der Waals surface area contributed by atoms with E-state index in [1.54, 1.807) is 17.8 Å². The molecule has 1 aromatic carbocycles. The van der Waals surface area contributed by atoms with E-state index in [-0.39, 0.29) is 6.47 Å². The lowest BCUT2D eigenvalue weighted by Gasteiger charge is -2.36. The van der Waals surface area contributed by atoms with Gasteiger partial charge in [0.2, 0.25) is 0 Å². The lowest BCUT2D eigenvalue weighted by Crippen LogP contribution is -2.46. The summed E-state index contributed by atoms with van der Waals surface area (Å²) in [5.74, 6) is 2.07. The van der Waals surface area contributed by atoms with Crippen molar-refractivity contribution in [2.45, 2.75) is 36.3 Å². The average molecular weight is 433 g/mol. The van der Waals surface area contributed by atoms with E-state index in [0.717, 1.165) is 24.7 Å². The van der Waals surface area contributed by atoms with Gasteiger partial charge in [-0.3, -0.25) is 4.79 Å². The number of anilines is 2. The van der Waals surface area contributed by atoms with Crippen LogP contribution in [-0.4, -0.2) is 53.0 Å². The Balaban J connectivity index is 0.000000806. The molecule has 10 heteroatoms. The Morgan fingerprint density at radius 3 is 2.63 bits per heavy atom. The standard InChI is InChI=1S/C19H22N4O3S.CH2O2/c1-13-4-2-3-5-14(13)11-27-17-21-15(20)10-16(22-17)23-8-6-19(7-9-23)12-25-18(24)26-19;2-1-3/h2-5,10H,6-9,11-12H2,1H3,(H2,20,21,22);1H,(H,2,3). The van der Waals surface area contributed by atoms with Gasteiger partial charge in [-0.15, -0.1) is 0 Å². The van der Waals surface area contributed by atoms with Crippen molar-refractivity contribution in [2.24, 2.45) is 0 Å². The zero-order valence-corrected chi connectivity index (χ0v) is 17.4. The first-order chi connectivity index (χ1) is 14.4.